The van der Waals surface area contributed by atoms with E-state index in [1.54, 1.807) is 0 Å². The van der Waals surface area contributed by atoms with E-state index in [1.807, 2.05) is 0 Å². The topological polar surface area (TPSA) is 43.1 Å². The van der Waals surface area contributed by atoms with Crippen molar-refractivity contribution in [2.75, 3.05) is 5.73 Å². The van der Waals surface area contributed by atoms with E-state index >= 15 is 0 Å². The molecule has 0 heterocycles. The Bertz CT molecular complexity index is 592. The van der Waals surface area contributed by atoms with E-state index in [9.17, 15) is 26.7 Å². The first-order valence-corrected chi connectivity index (χ1v) is 6.42. The van der Waals surface area contributed by atoms with Gasteiger partial charge in [-0.15, -0.1) is 0 Å². The Hall–Kier alpha value is -1.92. The zero-order chi connectivity index (χ0) is 17.3. The fourth-order valence-corrected chi connectivity index (χ4v) is 1.95. The van der Waals surface area contributed by atoms with Crippen LogP contribution in [0.2, 0.25) is 0 Å². The predicted octanol–water partition coefficient (Wildman–Crippen LogP) is 4.33. The molecule has 0 aliphatic heterocycles. The molecule has 0 aliphatic carbocycles. The van der Waals surface area contributed by atoms with Crippen molar-refractivity contribution < 1.29 is 26.7 Å². The van der Waals surface area contributed by atoms with Gasteiger partial charge in [0, 0.05) is 11.5 Å². The van der Waals surface area contributed by atoms with E-state index in [-0.39, 0.29) is 23.8 Å². The number of allylic oxidation sites excluding steroid dienone is 1. The van der Waals surface area contributed by atoms with Crippen LogP contribution in [-0.2, 0) is 23.3 Å². The van der Waals surface area contributed by atoms with Crippen LogP contribution in [0.1, 0.15) is 30.5 Å². The van der Waals surface area contributed by atoms with Crippen LogP contribution in [0.25, 0.3) is 0 Å². The van der Waals surface area contributed by atoms with Crippen molar-refractivity contribution in [1.29, 1.82) is 0 Å². The average Bonchev–Trinajstić information content (AvgIpc) is 2.38. The quantitative estimate of drug-likeness (QED) is 0.498. The van der Waals surface area contributed by atoms with E-state index < -0.39 is 34.8 Å². The van der Waals surface area contributed by atoms with Gasteiger partial charge in [-0.05, 0) is 37.1 Å². The molecule has 2 N–H and O–H groups in total. The van der Waals surface area contributed by atoms with Crippen LogP contribution in [-0.4, -0.2) is 5.78 Å². The molecule has 2 nitrogen and oxygen atoms in total. The third-order valence-corrected chi connectivity index (χ3v) is 3.40. The number of alkyl halides is 5. The van der Waals surface area contributed by atoms with Gasteiger partial charge < -0.3 is 5.73 Å². The first-order chi connectivity index (χ1) is 9.90. The summed E-state index contributed by atoms with van der Waals surface area (Å²) in [6.07, 6.45) is -4.72. The minimum atomic E-state index is -4.87. The molecule has 22 heavy (non-hydrogen) atoms. The number of hydrogen-bond acceptors (Lipinski definition) is 2. The molecule has 0 fully saturated rings. The molecule has 0 radical (unpaired) electrons. The van der Waals surface area contributed by atoms with E-state index in [1.165, 1.54) is 13.8 Å². The van der Waals surface area contributed by atoms with Crippen molar-refractivity contribution in [1.82, 2.24) is 0 Å². The van der Waals surface area contributed by atoms with Crippen molar-refractivity contribution in [2.45, 2.75) is 32.4 Å². The number of carbonyl (C=O) groups excluding carboxylic acids is 1. The number of nitrogens with two attached hydrogens (primary N) is 1. The van der Waals surface area contributed by atoms with Gasteiger partial charge in [-0.3, -0.25) is 4.79 Å². The summed E-state index contributed by atoms with van der Waals surface area (Å²) in [6, 6.07) is 1.60. The minimum absolute atomic E-state index is 0.0271. The molecule has 1 atom stereocenters. The van der Waals surface area contributed by atoms with Crippen molar-refractivity contribution in [3.63, 3.8) is 0 Å². The Labute approximate surface area is 124 Å². The normalized spacial score (nSPS) is 13.8. The van der Waals surface area contributed by atoms with E-state index in [0.29, 0.717) is 6.07 Å². The SMILES string of the molecule is C=CC(F)(F)c1cc(C[C@@H](C)C(C)=O)cc(C(F)(F)F)c1N. The molecule has 1 aromatic carbocycles. The molecule has 0 unspecified atom stereocenters. The number of anilines is 1. The number of carbonyl (C=O) groups is 1. The van der Waals surface area contributed by atoms with E-state index in [0.717, 1.165) is 6.07 Å². The first kappa shape index (κ1) is 18.1. The summed E-state index contributed by atoms with van der Waals surface area (Å²) < 4.78 is 66.5. The highest BCUT2D eigenvalue weighted by atomic mass is 19.4. The maximum absolute atomic E-state index is 13.8. The molecular formula is C15H16F5NO. The number of nitrogen functional groups attached to an aromatic ring is 1. The van der Waals surface area contributed by atoms with Crippen LogP contribution in [0, 0.1) is 5.92 Å². The minimum Gasteiger partial charge on any atom is -0.398 e. The van der Waals surface area contributed by atoms with Gasteiger partial charge in [0.2, 0.25) is 0 Å². The molecule has 0 bridgehead atoms. The third kappa shape index (κ3) is 3.84. The maximum atomic E-state index is 13.8. The van der Waals surface area contributed by atoms with Crippen LogP contribution >= 0.6 is 0 Å². The molecule has 0 aromatic heterocycles. The Morgan fingerprint density at radius 3 is 2.18 bits per heavy atom. The Balaban J connectivity index is 3.51. The number of hydrogen-bond donors (Lipinski definition) is 1. The van der Waals surface area contributed by atoms with Crippen molar-refractivity contribution in [3.8, 4) is 0 Å². The van der Waals surface area contributed by atoms with Gasteiger partial charge in [0.15, 0.2) is 0 Å². The van der Waals surface area contributed by atoms with Gasteiger partial charge in [0.25, 0.3) is 5.92 Å². The Kier molecular flexibility index (Phi) is 4.99. The van der Waals surface area contributed by atoms with Crippen LogP contribution < -0.4 is 5.73 Å². The van der Waals surface area contributed by atoms with E-state index in [2.05, 4.69) is 6.58 Å². The van der Waals surface area contributed by atoms with Crippen LogP contribution in [0.15, 0.2) is 24.8 Å². The number of ketones is 1. The maximum Gasteiger partial charge on any atom is 0.418 e. The standard InChI is InChI=1S/C15H16F5NO/c1-4-14(16,17)11-6-10(5-8(2)9(3)22)7-12(13(11)21)15(18,19)20/h4,6-8H,1,5,21H2,2-3H3/t8-/m1/s1. The highest BCUT2D eigenvalue weighted by Crippen LogP contribution is 2.42. The molecule has 0 aliphatic rings. The average molecular weight is 321 g/mol. The summed E-state index contributed by atoms with van der Waals surface area (Å²) in [6.45, 7) is 5.71. The summed E-state index contributed by atoms with van der Waals surface area (Å²) in [5.41, 5.74) is 1.93. The van der Waals surface area contributed by atoms with Crippen molar-refractivity contribution in [2.24, 2.45) is 5.92 Å². The molecule has 0 saturated carbocycles. The molecule has 0 saturated heterocycles. The molecule has 122 valence electrons. The van der Waals surface area contributed by atoms with Gasteiger partial charge in [-0.25, -0.2) is 0 Å². The van der Waals surface area contributed by atoms with E-state index in [4.69, 9.17) is 5.73 Å². The second-order valence-electron chi connectivity index (χ2n) is 5.15. The lowest BCUT2D eigenvalue weighted by Crippen LogP contribution is -2.19. The number of halogens is 5. The van der Waals surface area contributed by atoms with Crippen LogP contribution in [0.5, 0.6) is 0 Å². The van der Waals surface area contributed by atoms with Gasteiger partial charge in [-0.2, -0.15) is 22.0 Å². The second kappa shape index (κ2) is 6.06. The lowest BCUT2D eigenvalue weighted by atomic mass is 9.92. The summed E-state index contributed by atoms with van der Waals surface area (Å²) in [5.74, 6) is -4.53. The summed E-state index contributed by atoms with van der Waals surface area (Å²) in [4.78, 5) is 11.2. The fraction of sp³-hybridized carbons (Fsp3) is 0.400. The molecular weight excluding hydrogens is 305 g/mol. The molecule has 0 amide bonds. The Morgan fingerprint density at radius 2 is 1.77 bits per heavy atom. The fourth-order valence-electron chi connectivity index (χ4n) is 1.95. The monoisotopic (exact) mass is 321 g/mol. The zero-order valence-electron chi connectivity index (χ0n) is 12.1. The molecule has 1 rings (SSSR count). The van der Waals surface area contributed by atoms with Gasteiger partial charge in [-0.1, -0.05) is 13.5 Å². The summed E-state index contributed by atoms with van der Waals surface area (Å²) in [7, 11) is 0. The number of Topliss-reactive ketones (excluding diaryl/α,β-unsaturated/α-hetero) is 1. The second-order valence-corrected chi connectivity index (χ2v) is 5.15. The number of benzene rings is 1. The van der Waals surface area contributed by atoms with Crippen molar-refractivity contribution in [3.05, 3.63) is 41.5 Å². The molecule has 1 aromatic rings. The van der Waals surface area contributed by atoms with Crippen LogP contribution in [0.4, 0.5) is 27.6 Å². The smallest absolute Gasteiger partial charge is 0.398 e. The Morgan fingerprint density at radius 1 is 1.27 bits per heavy atom. The lowest BCUT2D eigenvalue weighted by Gasteiger charge is -2.21. The lowest BCUT2D eigenvalue weighted by molar-refractivity contribution is -0.137. The largest absolute Gasteiger partial charge is 0.418 e. The summed E-state index contributed by atoms with van der Waals surface area (Å²) >= 11 is 0. The predicted molar refractivity (Wildman–Crippen MR) is 73.5 cm³/mol. The first-order valence-electron chi connectivity index (χ1n) is 6.42. The highest BCUT2D eigenvalue weighted by molar-refractivity contribution is 5.78. The van der Waals surface area contributed by atoms with Crippen molar-refractivity contribution >= 4 is 11.5 Å². The molecule has 0 spiro atoms. The van der Waals surface area contributed by atoms with Crippen LogP contribution in [0.3, 0.4) is 0 Å². The summed E-state index contributed by atoms with van der Waals surface area (Å²) in [5, 5.41) is 0. The molecule has 7 heteroatoms. The van der Waals surface area contributed by atoms with Gasteiger partial charge in [0.05, 0.1) is 11.3 Å². The third-order valence-electron chi connectivity index (χ3n) is 3.40. The zero-order valence-corrected chi connectivity index (χ0v) is 12.1. The highest BCUT2D eigenvalue weighted by Gasteiger charge is 2.39. The number of rotatable bonds is 5. The van der Waals surface area contributed by atoms with Gasteiger partial charge in [0.1, 0.15) is 5.78 Å². The van der Waals surface area contributed by atoms with Gasteiger partial charge >= 0.3 is 6.18 Å².